The number of fused-ring (bicyclic) bond motifs is 2. The van der Waals surface area contributed by atoms with Gasteiger partial charge < -0.3 is 22.1 Å². The minimum Gasteiger partial charge on any atom is -0.327 e. The van der Waals surface area contributed by atoms with Crippen molar-refractivity contribution in [3.05, 3.63) is 104 Å². The van der Waals surface area contributed by atoms with Gasteiger partial charge >= 0.3 is 6.18 Å². The molecule has 3 aliphatic carbocycles. The van der Waals surface area contributed by atoms with Crippen molar-refractivity contribution in [3.8, 4) is 0 Å². The van der Waals surface area contributed by atoms with Gasteiger partial charge in [0.25, 0.3) is 11.8 Å². The van der Waals surface area contributed by atoms with Crippen LogP contribution in [0.25, 0.3) is 0 Å². The van der Waals surface area contributed by atoms with Crippen LogP contribution in [-0.4, -0.2) is 39.1 Å². The molecular formula is C34H35BrF3N7O2. The first kappa shape index (κ1) is 32.9. The first-order valence-corrected chi connectivity index (χ1v) is 16.4. The Kier molecular flexibility index (Phi) is 9.49. The van der Waals surface area contributed by atoms with Crippen LogP contribution in [0, 0.1) is 0 Å². The number of hydrogen-bond donors (Lipinski definition) is 5. The molecule has 2 aromatic heterocycles. The molecule has 2 atom stereocenters. The number of nitrogens with two attached hydrogens (primary N) is 2. The van der Waals surface area contributed by atoms with Gasteiger partial charge in [-0.25, -0.2) is 0 Å². The second kappa shape index (κ2) is 13.6. The quantitative estimate of drug-likeness (QED) is 0.164. The van der Waals surface area contributed by atoms with Crippen molar-refractivity contribution in [1.29, 1.82) is 0 Å². The number of carbonyl (C=O) groups is 2. The number of nitrogens with zero attached hydrogens (tertiary/aromatic N) is 2. The molecule has 3 aliphatic rings. The maximum atomic E-state index is 12.7. The van der Waals surface area contributed by atoms with Crippen LogP contribution >= 0.6 is 15.9 Å². The normalized spacial score (nSPS) is 18.7. The van der Waals surface area contributed by atoms with E-state index in [1.807, 2.05) is 18.2 Å². The summed E-state index contributed by atoms with van der Waals surface area (Å²) in [6.45, 7) is 0. The second-order valence-corrected chi connectivity index (χ2v) is 13.2. The maximum absolute atomic E-state index is 12.7. The predicted octanol–water partition coefficient (Wildman–Crippen LogP) is 6.29. The Morgan fingerprint density at radius 2 is 1.38 bits per heavy atom. The van der Waals surface area contributed by atoms with Gasteiger partial charge in [-0.2, -0.15) is 18.3 Å². The SMILES string of the molecule is NC1CCc2cc(NC(=O)c3ccnc(C(F)(F)F)c3)ccc2C1.NC1CCc2cc(NC(=O)c3n[nH]c(C4CC4)c3Br)ccc2C1. The van der Waals surface area contributed by atoms with Gasteiger partial charge in [0.1, 0.15) is 5.69 Å². The third kappa shape index (κ3) is 7.91. The van der Waals surface area contributed by atoms with E-state index in [0.29, 0.717) is 17.3 Å². The number of hydrogen-bond acceptors (Lipinski definition) is 6. The van der Waals surface area contributed by atoms with Crippen molar-refractivity contribution >= 4 is 39.1 Å². The van der Waals surface area contributed by atoms with Crippen LogP contribution in [0.1, 0.15) is 86.1 Å². The molecule has 1 fully saturated rings. The molecule has 246 valence electrons. The lowest BCUT2D eigenvalue weighted by Crippen LogP contribution is -2.27. The second-order valence-electron chi connectivity index (χ2n) is 12.4. The summed E-state index contributed by atoms with van der Waals surface area (Å²) >= 11 is 3.50. The smallest absolute Gasteiger partial charge is 0.327 e. The number of aromatic nitrogens is 3. The van der Waals surface area contributed by atoms with E-state index in [4.69, 9.17) is 11.5 Å². The number of amides is 2. The number of anilines is 2. The van der Waals surface area contributed by atoms with Crippen LogP contribution < -0.4 is 22.1 Å². The van der Waals surface area contributed by atoms with E-state index in [2.05, 4.69) is 53.9 Å². The van der Waals surface area contributed by atoms with Crippen molar-refractivity contribution < 1.29 is 22.8 Å². The zero-order chi connectivity index (χ0) is 33.3. The fourth-order valence-electron chi connectivity index (χ4n) is 5.98. The Morgan fingerprint density at radius 1 is 0.809 bits per heavy atom. The molecule has 4 aromatic rings. The van der Waals surface area contributed by atoms with Gasteiger partial charge in [0, 0.05) is 41.1 Å². The minimum absolute atomic E-state index is 0.0860. The van der Waals surface area contributed by atoms with Gasteiger partial charge in [-0.3, -0.25) is 19.7 Å². The van der Waals surface area contributed by atoms with Gasteiger partial charge in [-0.1, -0.05) is 12.1 Å². The van der Waals surface area contributed by atoms with E-state index in [-0.39, 0.29) is 23.6 Å². The molecule has 0 aliphatic heterocycles. The molecule has 7 N–H and O–H groups in total. The average Bonchev–Trinajstić information content (AvgIpc) is 3.81. The summed E-state index contributed by atoms with van der Waals surface area (Å²) in [4.78, 5) is 27.9. The Morgan fingerprint density at radius 3 is 1.94 bits per heavy atom. The largest absolute Gasteiger partial charge is 0.433 e. The molecule has 47 heavy (non-hydrogen) atoms. The lowest BCUT2D eigenvalue weighted by molar-refractivity contribution is -0.141. The molecule has 7 rings (SSSR count). The van der Waals surface area contributed by atoms with Crippen LogP contribution in [-0.2, 0) is 31.9 Å². The highest BCUT2D eigenvalue weighted by Crippen LogP contribution is 2.43. The monoisotopic (exact) mass is 709 g/mol. The number of aryl methyl sites for hydroxylation is 2. The third-order valence-electron chi connectivity index (χ3n) is 8.71. The lowest BCUT2D eigenvalue weighted by atomic mass is 9.88. The standard InChI is InChI=1S/C17H19BrN4O.C17H16F3N3O/c18-14-15(9-1-2-9)21-22-16(14)17(23)20-13-6-4-10-7-12(19)5-3-11(10)8-13;18-17(19,20)15-9-12(5-6-22-15)16(24)23-14-4-2-10-7-13(21)3-1-11(10)8-14/h4,6,8-9,12H,1-3,5,7,19H2,(H,20,23)(H,21,22);2,4-6,8-9,13H,1,3,7,21H2,(H,23,24). The summed E-state index contributed by atoms with van der Waals surface area (Å²) in [5, 5.41) is 12.7. The molecular weight excluding hydrogens is 675 g/mol. The van der Waals surface area contributed by atoms with Crippen LogP contribution in [0.4, 0.5) is 24.5 Å². The van der Waals surface area contributed by atoms with Crippen LogP contribution in [0.3, 0.4) is 0 Å². The van der Waals surface area contributed by atoms with Crippen LogP contribution in [0.15, 0.2) is 59.2 Å². The van der Waals surface area contributed by atoms with Crippen molar-refractivity contribution in [3.63, 3.8) is 0 Å². The lowest BCUT2D eigenvalue weighted by Gasteiger charge is -2.22. The molecule has 1 saturated carbocycles. The van der Waals surface area contributed by atoms with E-state index >= 15 is 0 Å². The summed E-state index contributed by atoms with van der Waals surface area (Å²) < 4.78 is 38.8. The number of aromatic amines is 1. The zero-order valence-electron chi connectivity index (χ0n) is 25.5. The Hall–Kier alpha value is -4.07. The fraction of sp³-hybridized carbons (Fsp3) is 0.353. The Balaban J connectivity index is 0.000000164. The van der Waals surface area contributed by atoms with Gasteiger partial charge in [-0.05, 0) is 126 Å². The van der Waals surface area contributed by atoms with Crippen LogP contribution in [0.5, 0.6) is 0 Å². The molecule has 2 heterocycles. The number of H-pyrrole nitrogens is 1. The number of halogens is 4. The topological polar surface area (TPSA) is 152 Å². The number of rotatable bonds is 5. The summed E-state index contributed by atoms with van der Waals surface area (Å²) in [6, 6.07) is 14.0. The Bertz CT molecular complexity index is 1800. The number of alkyl halides is 3. The molecule has 13 heteroatoms. The zero-order valence-corrected chi connectivity index (χ0v) is 27.0. The summed E-state index contributed by atoms with van der Waals surface area (Å²) in [7, 11) is 0. The molecule has 0 radical (unpaired) electrons. The molecule has 0 bridgehead atoms. The number of benzene rings is 2. The van der Waals surface area contributed by atoms with E-state index in [1.165, 1.54) is 17.2 Å². The maximum Gasteiger partial charge on any atom is 0.433 e. The first-order chi connectivity index (χ1) is 22.4. The summed E-state index contributed by atoms with van der Waals surface area (Å²) in [5.74, 6) is -0.269. The van der Waals surface area contributed by atoms with E-state index in [9.17, 15) is 22.8 Å². The Labute approximate surface area is 278 Å². The highest BCUT2D eigenvalue weighted by molar-refractivity contribution is 9.10. The summed E-state index contributed by atoms with van der Waals surface area (Å²) in [5.41, 5.74) is 18.4. The van der Waals surface area contributed by atoms with E-state index < -0.39 is 17.8 Å². The third-order valence-corrected chi connectivity index (χ3v) is 9.51. The number of nitrogens with one attached hydrogen (secondary N) is 3. The fourth-order valence-corrected chi connectivity index (χ4v) is 6.66. The van der Waals surface area contributed by atoms with Gasteiger partial charge in [0.2, 0.25) is 0 Å². The number of carbonyl (C=O) groups excluding carboxylic acids is 2. The molecule has 0 spiro atoms. The van der Waals surface area contributed by atoms with E-state index in [0.717, 1.165) is 90.6 Å². The molecule has 2 unspecified atom stereocenters. The van der Waals surface area contributed by atoms with Crippen molar-refractivity contribution in [2.24, 2.45) is 11.5 Å². The first-order valence-electron chi connectivity index (χ1n) is 15.6. The molecule has 9 nitrogen and oxygen atoms in total. The van der Waals surface area contributed by atoms with Gasteiger partial charge in [0.05, 0.1) is 10.2 Å². The van der Waals surface area contributed by atoms with Gasteiger partial charge in [-0.15, -0.1) is 0 Å². The number of pyridine rings is 1. The average molecular weight is 711 g/mol. The van der Waals surface area contributed by atoms with Crippen molar-refractivity contribution in [2.45, 2.75) is 75.5 Å². The minimum atomic E-state index is -4.58. The van der Waals surface area contributed by atoms with Crippen LogP contribution in [0.2, 0.25) is 0 Å². The van der Waals surface area contributed by atoms with Gasteiger partial charge in [0.15, 0.2) is 5.69 Å². The highest BCUT2D eigenvalue weighted by Gasteiger charge is 2.33. The highest BCUT2D eigenvalue weighted by atomic mass is 79.9. The van der Waals surface area contributed by atoms with Crippen molar-refractivity contribution in [1.82, 2.24) is 15.2 Å². The molecule has 2 amide bonds. The summed E-state index contributed by atoms with van der Waals surface area (Å²) in [6.07, 6.45) is 4.11. The van der Waals surface area contributed by atoms with Crippen molar-refractivity contribution in [2.75, 3.05) is 10.6 Å². The van der Waals surface area contributed by atoms with E-state index in [1.54, 1.807) is 6.07 Å². The predicted molar refractivity (Wildman–Crippen MR) is 176 cm³/mol. The molecule has 0 saturated heterocycles. The molecule has 2 aromatic carbocycles.